The van der Waals surface area contributed by atoms with E-state index in [4.69, 9.17) is 9.97 Å². The third-order valence-corrected chi connectivity index (χ3v) is 13.6. The summed E-state index contributed by atoms with van der Waals surface area (Å²) in [7, 11) is 0. The third kappa shape index (κ3) is 8.48. The summed E-state index contributed by atoms with van der Waals surface area (Å²) in [6.07, 6.45) is 0. The highest BCUT2D eigenvalue weighted by atomic mass is 15.1. The fourth-order valence-corrected chi connectivity index (χ4v) is 9.96. The summed E-state index contributed by atoms with van der Waals surface area (Å²) in [5.41, 5.74) is 20.8. The minimum Gasteiger partial charge on any atom is -0.310 e. The number of benzene rings is 10. The van der Waals surface area contributed by atoms with Gasteiger partial charge in [0.2, 0.25) is 0 Å². The first kappa shape index (κ1) is 43.9. The van der Waals surface area contributed by atoms with Crippen LogP contribution >= 0.6 is 0 Å². The highest BCUT2D eigenvalue weighted by Gasteiger charge is 2.21. The lowest BCUT2D eigenvalue weighted by Gasteiger charge is -2.26. The number of nitrogens with zero attached hydrogens (tertiary/aromatic N) is 5. The standard InChI is InChI=1S/C67H51N5/c1-46-24-33-56(34-25-46)71(57-35-26-47(2)27-36-57)59-38-41-66-61(44-59)60-43-58(70(54-20-12-6-13-21-54)55-22-14-7-15-23-55)37-40-65(60)72(66)64-39-32-53(42-48(64)3)49-28-30-51(31-29-49)63-45-62(50-16-8-4-9-17-50)68-67(69-63)52-18-10-5-11-19-52/h4-45H,1-3H3. The van der Waals surface area contributed by atoms with Crippen molar-refractivity contribution < 1.29 is 0 Å². The molecule has 0 saturated heterocycles. The van der Waals surface area contributed by atoms with E-state index in [0.29, 0.717) is 5.82 Å². The summed E-state index contributed by atoms with van der Waals surface area (Å²) < 4.78 is 2.45. The van der Waals surface area contributed by atoms with Gasteiger partial charge in [-0.25, -0.2) is 9.97 Å². The van der Waals surface area contributed by atoms with Crippen LogP contribution in [0.5, 0.6) is 0 Å². The zero-order valence-electron chi connectivity index (χ0n) is 40.5. The van der Waals surface area contributed by atoms with Crippen molar-refractivity contribution in [1.82, 2.24) is 14.5 Å². The summed E-state index contributed by atoms with van der Waals surface area (Å²) in [4.78, 5) is 14.8. The molecule has 0 aliphatic carbocycles. The molecule has 12 rings (SSSR count). The maximum atomic E-state index is 5.08. The molecule has 0 bridgehead atoms. The Morgan fingerprint density at radius 3 is 1.17 bits per heavy atom. The summed E-state index contributed by atoms with van der Waals surface area (Å²) in [5, 5.41) is 2.34. The van der Waals surface area contributed by atoms with E-state index in [0.717, 1.165) is 90.1 Å². The fourth-order valence-electron chi connectivity index (χ4n) is 9.96. The Balaban J connectivity index is 0.974. The van der Waals surface area contributed by atoms with E-state index >= 15 is 0 Å². The molecule has 5 heteroatoms. The number of hydrogen-bond acceptors (Lipinski definition) is 4. The second kappa shape index (κ2) is 18.9. The molecule has 0 aliphatic heterocycles. The topological polar surface area (TPSA) is 37.2 Å². The van der Waals surface area contributed by atoms with Gasteiger partial charge in [0, 0.05) is 67.3 Å². The van der Waals surface area contributed by atoms with Crippen LogP contribution in [0.4, 0.5) is 34.1 Å². The zero-order chi connectivity index (χ0) is 48.5. The Hall–Kier alpha value is -9.32. The summed E-state index contributed by atoms with van der Waals surface area (Å²) in [6.45, 7) is 6.51. The molecule has 2 aromatic heterocycles. The van der Waals surface area contributed by atoms with Crippen molar-refractivity contribution in [2.24, 2.45) is 0 Å². The van der Waals surface area contributed by atoms with Crippen molar-refractivity contribution in [3.8, 4) is 50.7 Å². The van der Waals surface area contributed by atoms with Gasteiger partial charge in [0.15, 0.2) is 5.82 Å². The van der Waals surface area contributed by atoms with Gasteiger partial charge < -0.3 is 14.4 Å². The number of rotatable bonds is 11. The smallest absolute Gasteiger partial charge is 0.160 e. The molecule has 72 heavy (non-hydrogen) atoms. The van der Waals surface area contributed by atoms with E-state index in [1.54, 1.807) is 0 Å². The summed E-state index contributed by atoms with van der Waals surface area (Å²) in [5.74, 6) is 0.708. The zero-order valence-corrected chi connectivity index (χ0v) is 40.5. The van der Waals surface area contributed by atoms with Gasteiger partial charge in [-0.05, 0) is 141 Å². The Labute approximate surface area is 421 Å². The number of para-hydroxylation sites is 2. The van der Waals surface area contributed by atoms with Crippen LogP contribution in [0.3, 0.4) is 0 Å². The van der Waals surface area contributed by atoms with Crippen molar-refractivity contribution >= 4 is 55.9 Å². The maximum absolute atomic E-state index is 5.08. The van der Waals surface area contributed by atoms with Gasteiger partial charge in [0.25, 0.3) is 0 Å². The first-order valence-corrected chi connectivity index (χ1v) is 24.6. The molecule has 0 aliphatic rings. The quantitative estimate of drug-likeness (QED) is 0.130. The van der Waals surface area contributed by atoms with E-state index in [9.17, 15) is 0 Å². The normalized spacial score (nSPS) is 11.3. The van der Waals surface area contributed by atoms with Gasteiger partial charge in [0.05, 0.1) is 22.4 Å². The fraction of sp³-hybridized carbons (Fsp3) is 0.0448. The number of aryl methyl sites for hydroxylation is 3. The maximum Gasteiger partial charge on any atom is 0.160 e. The highest BCUT2D eigenvalue weighted by molar-refractivity contribution is 6.12. The number of hydrogen-bond donors (Lipinski definition) is 0. The highest BCUT2D eigenvalue weighted by Crippen LogP contribution is 2.43. The predicted molar refractivity (Wildman–Crippen MR) is 302 cm³/mol. The van der Waals surface area contributed by atoms with Crippen LogP contribution in [0.15, 0.2) is 255 Å². The molecule has 0 fully saturated rings. The first-order valence-electron chi connectivity index (χ1n) is 24.6. The molecule has 2 heterocycles. The van der Waals surface area contributed by atoms with E-state index in [1.165, 1.54) is 27.5 Å². The van der Waals surface area contributed by atoms with Gasteiger partial charge >= 0.3 is 0 Å². The largest absolute Gasteiger partial charge is 0.310 e. The average Bonchev–Trinajstić information content (AvgIpc) is 3.75. The minimum atomic E-state index is 0.708. The lowest BCUT2D eigenvalue weighted by molar-refractivity contribution is 1.15. The molecule has 0 radical (unpaired) electrons. The van der Waals surface area contributed by atoms with Crippen LogP contribution in [0.1, 0.15) is 16.7 Å². The van der Waals surface area contributed by atoms with E-state index < -0.39 is 0 Å². The van der Waals surface area contributed by atoms with Crippen molar-refractivity contribution in [2.45, 2.75) is 20.8 Å². The number of aromatic nitrogens is 3. The lowest BCUT2D eigenvalue weighted by atomic mass is 9.99. The van der Waals surface area contributed by atoms with E-state index in [-0.39, 0.29) is 0 Å². The van der Waals surface area contributed by atoms with Crippen molar-refractivity contribution in [3.63, 3.8) is 0 Å². The molecular weight excluding hydrogens is 875 g/mol. The van der Waals surface area contributed by atoms with E-state index in [2.05, 4.69) is 266 Å². The Bertz CT molecular complexity index is 3710. The number of anilines is 6. The molecule has 344 valence electrons. The average molecular weight is 926 g/mol. The SMILES string of the molecule is Cc1ccc(N(c2ccc(C)cc2)c2ccc3c(c2)c2cc(N(c4ccccc4)c4ccccc4)ccc2n3-c2ccc(-c3ccc(-c4cc(-c5ccccc5)nc(-c5ccccc5)n4)cc3)cc2C)cc1. The van der Waals surface area contributed by atoms with Crippen molar-refractivity contribution in [3.05, 3.63) is 271 Å². The molecule has 0 N–H and O–H groups in total. The van der Waals surface area contributed by atoms with Crippen LogP contribution in [-0.4, -0.2) is 14.5 Å². The molecule has 5 nitrogen and oxygen atoms in total. The number of fused-ring (bicyclic) bond motifs is 3. The third-order valence-electron chi connectivity index (χ3n) is 13.6. The molecule has 12 aromatic rings. The van der Waals surface area contributed by atoms with Crippen LogP contribution < -0.4 is 9.80 Å². The molecule has 10 aromatic carbocycles. The molecular formula is C67H51N5. The van der Waals surface area contributed by atoms with Gasteiger partial charge in [-0.2, -0.15) is 0 Å². The predicted octanol–water partition coefficient (Wildman–Crippen LogP) is 18.1. The Morgan fingerprint density at radius 1 is 0.306 bits per heavy atom. The molecule has 0 amide bonds. The van der Waals surface area contributed by atoms with Crippen molar-refractivity contribution in [2.75, 3.05) is 9.80 Å². The van der Waals surface area contributed by atoms with Gasteiger partial charge in [-0.15, -0.1) is 0 Å². The molecule has 0 unspecified atom stereocenters. The summed E-state index contributed by atoms with van der Waals surface area (Å²) in [6, 6.07) is 91.1. The van der Waals surface area contributed by atoms with Gasteiger partial charge in [-0.1, -0.05) is 163 Å². The van der Waals surface area contributed by atoms with E-state index in [1.807, 2.05) is 24.3 Å². The lowest BCUT2D eigenvalue weighted by Crippen LogP contribution is -2.10. The monoisotopic (exact) mass is 925 g/mol. The van der Waals surface area contributed by atoms with Crippen LogP contribution in [-0.2, 0) is 0 Å². The van der Waals surface area contributed by atoms with Crippen LogP contribution in [0.25, 0.3) is 72.5 Å². The molecule has 0 saturated carbocycles. The van der Waals surface area contributed by atoms with Gasteiger partial charge in [-0.3, -0.25) is 0 Å². The molecule has 0 atom stereocenters. The second-order valence-electron chi connectivity index (χ2n) is 18.5. The van der Waals surface area contributed by atoms with Crippen molar-refractivity contribution in [1.29, 1.82) is 0 Å². The first-order chi connectivity index (χ1) is 35.4. The second-order valence-corrected chi connectivity index (χ2v) is 18.5. The minimum absolute atomic E-state index is 0.708. The Morgan fingerprint density at radius 2 is 0.694 bits per heavy atom. The Kier molecular flexibility index (Phi) is 11.5. The van der Waals surface area contributed by atoms with Crippen LogP contribution in [0, 0.1) is 20.8 Å². The van der Waals surface area contributed by atoms with Gasteiger partial charge in [0.1, 0.15) is 0 Å². The van der Waals surface area contributed by atoms with Crippen LogP contribution in [0.2, 0.25) is 0 Å². The molecule has 0 spiro atoms. The summed E-state index contributed by atoms with van der Waals surface area (Å²) >= 11 is 0.